The lowest BCUT2D eigenvalue weighted by Crippen LogP contribution is -2.29. The summed E-state index contributed by atoms with van der Waals surface area (Å²) < 4.78 is 60.0. The number of ether oxygens (including phenoxy) is 4. The molecule has 1 amide bonds. The SMILES string of the molecule is COc1cc(/C=C/C(=O)N2CCC(Oc3cc(C(F)(F)F)ccn3)C2)cc(OC)c1OC. The Morgan fingerprint density at radius 1 is 1.12 bits per heavy atom. The molecule has 0 bridgehead atoms. The van der Waals surface area contributed by atoms with Crippen LogP contribution < -0.4 is 18.9 Å². The molecule has 1 atom stereocenters. The van der Waals surface area contributed by atoms with Gasteiger partial charge in [-0.15, -0.1) is 0 Å². The number of likely N-dealkylation sites (tertiary alicyclic amines) is 1. The lowest BCUT2D eigenvalue weighted by molar-refractivity contribution is -0.137. The molecule has 3 rings (SSSR count). The van der Waals surface area contributed by atoms with Gasteiger partial charge in [-0.2, -0.15) is 13.2 Å². The van der Waals surface area contributed by atoms with Crippen molar-refractivity contribution in [2.45, 2.75) is 18.7 Å². The number of rotatable bonds is 7. The smallest absolute Gasteiger partial charge is 0.416 e. The Morgan fingerprint density at radius 3 is 2.41 bits per heavy atom. The Morgan fingerprint density at radius 2 is 1.81 bits per heavy atom. The number of alkyl halides is 3. The fourth-order valence-electron chi connectivity index (χ4n) is 3.32. The summed E-state index contributed by atoms with van der Waals surface area (Å²) in [6.07, 6.45) is -0.348. The molecule has 1 saturated heterocycles. The molecule has 1 aliphatic heterocycles. The maximum absolute atomic E-state index is 12.8. The van der Waals surface area contributed by atoms with Gasteiger partial charge in [-0.1, -0.05) is 0 Å². The first-order chi connectivity index (χ1) is 15.2. The van der Waals surface area contributed by atoms with Gasteiger partial charge in [0.15, 0.2) is 11.5 Å². The first-order valence-electron chi connectivity index (χ1n) is 9.72. The molecule has 0 saturated carbocycles. The zero-order chi connectivity index (χ0) is 23.3. The van der Waals surface area contributed by atoms with Crippen molar-refractivity contribution < 1.29 is 36.9 Å². The molecule has 1 aliphatic rings. The van der Waals surface area contributed by atoms with Gasteiger partial charge in [0, 0.05) is 31.3 Å². The predicted octanol–water partition coefficient (Wildman–Crippen LogP) is 3.82. The highest BCUT2D eigenvalue weighted by atomic mass is 19.4. The molecule has 7 nitrogen and oxygen atoms in total. The van der Waals surface area contributed by atoms with E-state index in [0.717, 1.165) is 18.3 Å². The number of hydrogen-bond acceptors (Lipinski definition) is 6. The second kappa shape index (κ2) is 9.80. The van der Waals surface area contributed by atoms with Crippen LogP contribution in [0.4, 0.5) is 13.2 Å². The Balaban J connectivity index is 1.64. The van der Waals surface area contributed by atoms with Gasteiger partial charge >= 0.3 is 6.18 Å². The number of carbonyl (C=O) groups excluding carboxylic acids is 1. The molecule has 1 unspecified atom stereocenters. The minimum atomic E-state index is -4.48. The van der Waals surface area contributed by atoms with E-state index in [1.165, 1.54) is 27.4 Å². The number of aromatic nitrogens is 1. The predicted molar refractivity (Wildman–Crippen MR) is 110 cm³/mol. The highest BCUT2D eigenvalue weighted by Gasteiger charge is 2.32. The normalized spacial score (nSPS) is 16.3. The number of hydrogen-bond donors (Lipinski definition) is 0. The van der Waals surface area contributed by atoms with Crippen molar-refractivity contribution in [3.63, 3.8) is 0 Å². The Labute approximate surface area is 183 Å². The van der Waals surface area contributed by atoms with Gasteiger partial charge < -0.3 is 23.8 Å². The van der Waals surface area contributed by atoms with Crippen molar-refractivity contribution in [1.29, 1.82) is 0 Å². The summed E-state index contributed by atoms with van der Waals surface area (Å²) in [5, 5.41) is 0. The molecule has 0 radical (unpaired) electrons. The van der Waals surface area contributed by atoms with Crippen LogP contribution in [0.5, 0.6) is 23.1 Å². The quantitative estimate of drug-likeness (QED) is 0.595. The fourth-order valence-corrected chi connectivity index (χ4v) is 3.32. The van der Waals surface area contributed by atoms with E-state index in [2.05, 4.69) is 4.98 Å². The monoisotopic (exact) mass is 452 g/mol. The van der Waals surface area contributed by atoms with E-state index in [1.807, 2.05) is 0 Å². The molecule has 10 heteroatoms. The molecule has 2 aromatic rings. The zero-order valence-electron chi connectivity index (χ0n) is 17.8. The lowest BCUT2D eigenvalue weighted by atomic mass is 10.1. The van der Waals surface area contributed by atoms with Gasteiger partial charge in [0.1, 0.15) is 6.10 Å². The summed E-state index contributed by atoms with van der Waals surface area (Å²) in [4.78, 5) is 18.0. The van der Waals surface area contributed by atoms with Crippen molar-refractivity contribution in [1.82, 2.24) is 9.88 Å². The number of benzene rings is 1. The van der Waals surface area contributed by atoms with Crippen LogP contribution in [0.25, 0.3) is 6.08 Å². The van der Waals surface area contributed by atoms with E-state index in [1.54, 1.807) is 23.1 Å². The molecule has 1 aromatic carbocycles. The molecule has 172 valence electrons. The van der Waals surface area contributed by atoms with Crippen LogP contribution in [0.2, 0.25) is 0 Å². The van der Waals surface area contributed by atoms with E-state index in [0.29, 0.717) is 35.8 Å². The van der Waals surface area contributed by atoms with Crippen molar-refractivity contribution in [2.24, 2.45) is 0 Å². The van der Waals surface area contributed by atoms with Gasteiger partial charge in [0.2, 0.25) is 17.5 Å². The van der Waals surface area contributed by atoms with Crippen molar-refractivity contribution in [2.75, 3.05) is 34.4 Å². The van der Waals surface area contributed by atoms with Crippen LogP contribution in [0.15, 0.2) is 36.5 Å². The Hall–Kier alpha value is -3.43. The summed E-state index contributed by atoms with van der Waals surface area (Å²) in [6.45, 7) is 0.665. The second-order valence-corrected chi connectivity index (χ2v) is 6.99. The summed E-state index contributed by atoms with van der Waals surface area (Å²) in [7, 11) is 4.50. The van der Waals surface area contributed by atoms with Gasteiger partial charge in [-0.3, -0.25) is 4.79 Å². The number of amides is 1. The summed E-state index contributed by atoms with van der Waals surface area (Å²) in [6, 6.07) is 5.15. The number of methoxy groups -OCH3 is 3. The molecule has 2 heterocycles. The van der Waals surface area contributed by atoms with Gasteiger partial charge in [0.05, 0.1) is 33.4 Å². The topological polar surface area (TPSA) is 70.1 Å². The van der Waals surface area contributed by atoms with Crippen molar-refractivity contribution in [3.8, 4) is 23.1 Å². The first-order valence-corrected chi connectivity index (χ1v) is 9.72. The van der Waals surface area contributed by atoms with Crippen LogP contribution in [0.1, 0.15) is 17.5 Å². The van der Waals surface area contributed by atoms with Gasteiger partial charge in [-0.25, -0.2) is 4.98 Å². The minimum absolute atomic E-state index is 0.118. The second-order valence-electron chi connectivity index (χ2n) is 6.99. The summed E-state index contributed by atoms with van der Waals surface area (Å²) in [5.74, 6) is 1.000. The van der Waals surface area contributed by atoms with Gasteiger partial charge in [0.25, 0.3) is 0 Å². The number of halogens is 3. The molecule has 0 N–H and O–H groups in total. The van der Waals surface area contributed by atoms with E-state index >= 15 is 0 Å². The zero-order valence-corrected chi connectivity index (χ0v) is 17.8. The van der Waals surface area contributed by atoms with Crippen molar-refractivity contribution in [3.05, 3.63) is 47.7 Å². The van der Waals surface area contributed by atoms with E-state index in [-0.39, 0.29) is 18.3 Å². The van der Waals surface area contributed by atoms with Crippen LogP contribution in [-0.2, 0) is 11.0 Å². The van der Waals surface area contributed by atoms with Gasteiger partial charge in [-0.05, 0) is 29.8 Å². The molecular formula is C22H23F3N2O5. The molecular weight excluding hydrogens is 429 g/mol. The Kier molecular flexibility index (Phi) is 7.12. The number of pyridine rings is 1. The maximum Gasteiger partial charge on any atom is 0.416 e. The third-order valence-electron chi connectivity index (χ3n) is 4.91. The third-order valence-corrected chi connectivity index (χ3v) is 4.91. The molecule has 1 aromatic heterocycles. The van der Waals surface area contributed by atoms with E-state index < -0.39 is 17.8 Å². The van der Waals surface area contributed by atoms with Crippen molar-refractivity contribution >= 4 is 12.0 Å². The standard InChI is InChI=1S/C22H23F3N2O5/c1-29-17-10-14(11-18(30-2)21(17)31-3)4-5-20(28)27-9-7-16(13-27)32-19-12-15(6-8-26-19)22(23,24)25/h4-6,8,10-12,16H,7,9,13H2,1-3H3/b5-4+. The molecule has 32 heavy (non-hydrogen) atoms. The first kappa shape index (κ1) is 23.2. The average molecular weight is 452 g/mol. The molecule has 0 spiro atoms. The number of carbonyl (C=O) groups is 1. The lowest BCUT2D eigenvalue weighted by Gasteiger charge is -2.16. The number of nitrogens with zero attached hydrogens (tertiary/aromatic N) is 2. The third kappa shape index (κ3) is 5.43. The van der Waals surface area contributed by atoms with Crippen LogP contribution in [0, 0.1) is 0 Å². The maximum atomic E-state index is 12.8. The van der Waals surface area contributed by atoms with E-state index in [4.69, 9.17) is 18.9 Å². The highest BCUT2D eigenvalue weighted by Crippen LogP contribution is 2.38. The minimum Gasteiger partial charge on any atom is -0.493 e. The largest absolute Gasteiger partial charge is 0.493 e. The summed E-state index contributed by atoms with van der Waals surface area (Å²) in [5.41, 5.74) is -0.158. The van der Waals surface area contributed by atoms with Crippen LogP contribution in [-0.4, -0.2) is 56.3 Å². The highest BCUT2D eigenvalue weighted by molar-refractivity contribution is 5.92. The van der Waals surface area contributed by atoms with E-state index in [9.17, 15) is 18.0 Å². The summed E-state index contributed by atoms with van der Waals surface area (Å²) >= 11 is 0. The van der Waals surface area contributed by atoms with Crippen LogP contribution in [0.3, 0.4) is 0 Å². The molecule has 0 aliphatic carbocycles. The van der Waals surface area contributed by atoms with Crippen LogP contribution >= 0.6 is 0 Å². The average Bonchev–Trinajstić information content (AvgIpc) is 3.24. The Bertz CT molecular complexity index is 969. The fraction of sp³-hybridized carbons (Fsp3) is 0.364. The molecule has 1 fully saturated rings.